The van der Waals surface area contributed by atoms with Crippen LogP contribution in [-0.2, 0) is 9.59 Å². The summed E-state index contributed by atoms with van der Waals surface area (Å²) in [6, 6.07) is -0.243. The van der Waals surface area contributed by atoms with E-state index in [4.69, 9.17) is 0 Å². The highest BCUT2D eigenvalue weighted by molar-refractivity contribution is 6.08. The van der Waals surface area contributed by atoms with Crippen LogP contribution in [0, 0.1) is 0 Å². The average Bonchev–Trinajstić information content (AvgIpc) is 2.19. The van der Waals surface area contributed by atoms with Crippen LogP contribution in [0.25, 0.3) is 0 Å². The van der Waals surface area contributed by atoms with Crippen LogP contribution >= 0.6 is 0 Å². The van der Waals surface area contributed by atoms with Crippen LogP contribution in [0.15, 0.2) is 0 Å². The minimum atomic E-state index is -0.748. The highest BCUT2D eigenvalue weighted by Gasteiger charge is 2.44. The van der Waals surface area contributed by atoms with Crippen molar-refractivity contribution in [3.8, 4) is 0 Å². The summed E-state index contributed by atoms with van der Waals surface area (Å²) in [5, 5.41) is 8.81. The molecule has 0 amide bonds. The van der Waals surface area contributed by atoms with Crippen LogP contribution in [-0.4, -0.2) is 44.4 Å². The topological polar surface area (TPSA) is 70.2 Å². The molecule has 5 heteroatoms. The lowest BCUT2D eigenvalue weighted by atomic mass is 9.83. The Bertz CT molecular complexity index is 248. The zero-order valence-electron chi connectivity index (χ0n) is 8.81. The maximum absolute atomic E-state index is 11.7. The summed E-state index contributed by atoms with van der Waals surface area (Å²) in [6.07, 6.45) is 0.446. The standard InChI is InChI=1S/C9H17N3O2/c1-10-6-5-9(11-2,12-3)8(14)4-7(6)13/h6,10-12H,4-5H2,1-3H3. The van der Waals surface area contributed by atoms with E-state index in [1.165, 1.54) is 0 Å². The second-order valence-electron chi connectivity index (χ2n) is 3.52. The molecular formula is C9H17N3O2. The molecule has 1 atom stereocenters. The second-order valence-corrected chi connectivity index (χ2v) is 3.52. The van der Waals surface area contributed by atoms with E-state index >= 15 is 0 Å². The van der Waals surface area contributed by atoms with Crippen LogP contribution in [0.2, 0.25) is 0 Å². The summed E-state index contributed by atoms with van der Waals surface area (Å²) in [5.41, 5.74) is -0.748. The highest BCUT2D eigenvalue weighted by atomic mass is 16.2. The summed E-state index contributed by atoms with van der Waals surface area (Å²) < 4.78 is 0. The SMILES string of the molecule is CNC1CC(NC)(NC)C(=O)CC1=O. The Morgan fingerprint density at radius 3 is 2.21 bits per heavy atom. The Hall–Kier alpha value is -0.780. The molecule has 0 aromatic carbocycles. The molecule has 1 unspecified atom stereocenters. The first-order chi connectivity index (χ1) is 6.59. The molecule has 0 radical (unpaired) electrons. The molecule has 80 valence electrons. The highest BCUT2D eigenvalue weighted by Crippen LogP contribution is 2.20. The maximum Gasteiger partial charge on any atom is 0.174 e. The zero-order valence-corrected chi connectivity index (χ0v) is 8.81. The van der Waals surface area contributed by atoms with Gasteiger partial charge in [0.2, 0.25) is 0 Å². The number of likely N-dealkylation sites (N-methyl/N-ethyl adjacent to an activating group) is 3. The molecule has 0 aromatic rings. The van der Waals surface area contributed by atoms with Gasteiger partial charge in [0.25, 0.3) is 0 Å². The molecule has 0 saturated heterocycles. The normalized spacial score (nSPS) is 26.6. The summed E-state index contributed by atoms with van der Waals surface area (Å²) >= 11 is 0. The summed E-state index contributed by atoms with van der Waals surface area (Å²) in [6.45, 7) is 0. The van der Waals surface area contributed by atoms with Gasteiger partial charge < -0.3 is 5.32 Å². The minimum Gasteiger partial charge on any atom is -0.310 e. The van der Waals surface area contributed by atoms with Gasteiger partial charge in [-0.05, 0) is 21.1 Å². The largest absolute Gasteiger partial charge is 0.310 e. The molecule has 0 heterocycles. The van der Waals surface area contributed by atoms with Crippen molar-refractivity contribution in [3.05, 3.63) is 0 Å². The molecule has 1 saturated carbocycles. The Morgan fingerprint density at radius 2 is 1.79 bits per heavy atom. The smallest absolute Gasteiger partial charge is 0.174 e. The fourth-order valence-corrected chi connectivity index (χ4v) is 1.84. The summed E-state index contributed by atoms with van der Waals surface area (Å²) in [4.78, 5) is 23.1. The van der Waals surface area contributed by atoms with Crippen molar-refractivity contribution < 1.29 is 9.59 Å². The van der Waals surface area contributed by atoms with E-state index < -0.39 is 5.66 Å². The van der Waals surface area contributed by atoms with E-state index in [0.717, 1.165) is 0 Å². The van der Waals surface area contributed by atoms with E-state index in [2.05, 4.69) is 16.0 Å². The van der Waals surface area contributed by atoms with Gasteiger partial charge in [0.1, 0.15) is 5.66 Å². The number of rotatable bonds is 3. The van der Waals surface area contributed by atoms with Gasteiger partial charge in [-0.2, -0.15) is 0 Å². The average molecular weight is 199 g/mol. The fourth-order valence-electron chi connectivity index (χ4n) is 1.84. The molecular weight excluding hydrogens is 182 g/mol. The molecule has 1 aliphatic rings. The van der Waals surface area contributed by atoms with Crippen molar-refractivity contribution in [2.24, 2.45) is 0 Å². The Kier molecular flexibility index (Phi) is 3.36. The van der Waals surface area contributed by atoms with Gasteiger partial charge >= 0.3 is 0 Å². The summed E-state index contributed by atoms with van der Waals surface area (Å²) in [5.74, 6) is -0.113. The second kappa shape index (κ2) is 4.16. The van der Waals surface area contributed by atoms with Crippen LogP contribution in [0.3, 0.4) is 0 Å². The van der Waals surface area contributed by atoms with Crippen molar-refractivity contribution in [1.82, 2.24) is 16.0 Å². The molecule has 3 N–H and O–H groups in total. The van der Waals surface area contributed by atoms with Crippen molar-refractivity contribution in [3.63, 3.8) is 0 Å². The van der Waals surface area contributed by atoms with Crippen molar-refractivity contribution in [2.45, 2.75) is 24.5 Å². The Morgan fingerprint density at radius 1 is 1.21 bits per heavy atom. The monoisotopic (exact) mass is 199 g/mol. The lowest BCUT2D eigenvalue weighted by Gasteiger charge is -2.38. The molecule has 0 bridgehead atoms. The van der Waals surface area contributed by atoms with Crippen molar-refractivity contribution >= 4 is 11.6 Å². The number of hydrogen-bond donors (Lipinski definition) is 3. The first kappa shape index (κ1) is 11.3. The molecule has 1 fully saturated rings. The van der Waals surface area contributed by atoms with Crippen molar-refractivity contribution in [2.75, 3.05) is 21.1 Å². The van der Waals surface area contributed by atoms with E-state index in [1.807, 2.05) is 0 Å². The molecule has 14 heavy (non-hydrogen) atoms. The van der Waals surface area contributed by atoms with E-state index in [1.54, 1.807) is 21.1 Å². The number of carbonyl (C=O) groups excluding carboxylic acids is 2. The minimum absolute atomic E-state index is 0.00676. The zero-order chi connectivity index (χ0) is 10.8. The van der Waals surface area contributed by atoms with Crippen LogP contribution in [0.5, 0.6) is 0 Å². The predicted octanol–water partition coefficient (Wildman–Crippen LogP) is -1.36. The number of ketones is 2. The van der Waals surface area contributed by atoms with E-state index in [9.17, 15) is 9.59 Å². The van der Waals surface area contributed by atoms with Crippen LogP contribution in [0.1, 0.15) is 12.8 Å². The van der Waals surface area contributed by atoms with Gasteiger partial charge in [0.15, 0.2) is 11.6 Å². The van der Waals surface area contributed by atoms with Gasteiger partial charge in [0.05, 0.1) is 12.5 Å². The first-order valence-corrected chi connectivity index (χ1v) is 4.70. The molecule has 5 nitrogen and oxygen atoms in total. The number of nitrogens with one attached hydrogen (secondary N) is 3. The van der Waals surface area contributed by atoms with Crippen molar-refractivity contribution in [1.29, 1.82) is 0 Å². The maximum atomic E-state index is 11.7. The first-order valence-electron chi connectivity index (χ1n) is 4.70. The lowest BCUT2D eigenvalue weighted by Crippen LogP contribution is -2.66. The number of Topliss-reactive ketones (excluding diaryl/α,β-unsaturated/α-hetero) is 2. The van der Waals surface area contributed by atoms with Gasteiger partial charge in [-0.3, -0.25) is 20.2 Å². The van der Waals surface area contributed by atoms with Gasteiger partial charge in [-0.25, -0.2) is 0 Å². The molecule has 1 aliphatic carbocycles. The molecule has 0 spiro atoms. The lowest BCUT2D eigenvalue weighted by molar-refractivity contribution is -0.137. The number of hydrogen-bond acceptors (Lipinski definition) is 5. The van der Waals surface area contributed by atoms with E-state index in [0.29, 0.717) is 6.42 Å². The summed E-state index contributed by atoms with van der Waals surface area (Å²) in [7, 11) is 5.17. The van der Waals surface area contributed by atoms with Crippen LogP contribution in [0.4, 0.5) is 0 Å². The molecule has 0 aromatic heterocycles. The van der Waals surface area contributed by atoms with Gasteiger partial charge in [-0.15, -0.1) is 0 Å². The van der Waals surface area contributed by atoms with E-state index in [-0.39, 0.29) is 24.0 Å². The van der Waals surface area contributed by atoms with Gasteiger partial charge in [0, 0.05) is 6.42 Å². The Labute approximate surface area is 83.6 Å². The quantitative estimate of drug-likeness (QED) is 0.387. The predicted molar refractivity (Wildman–Crippen MR) is 52.9 cm³/mol. The Balaban J connectivity index is 2.87. The molecule has 1 rings (SSSR count). The number of carbonyl (C=O) groups is 2. The fraction of sp³-hybridized carbons (Fsp3) is 0.778. The van der Waals surface area contributed by atoms with Gasteiger partial charge in [-0.1, -0.05) is 0 Å². The molecule has 0 aliphatic heterocycles. The third kappa shape index (κ3) is 1.70. The third-order valence-electron chi connectivity index (χ3n) is 2.91. The van der Waals surface area contributed by atoms with Crippen LogP contribution < -0.4 is 16.0 Å². The third-order valence-corrected chi connectivity index (χ3v) is 2.91.